The molecule has 0 aliphatic rings. The van der Waals surface area contributed by atoms with Crippen molar-refractivity contribution in [1.82, 2.24) is 0 Å². The Labute approximate surface area is 154 Å². The monoisotopic (exact) mass is 361 g/mol. The van der Waals surface area contributed by atoms with Gasteiger partial charge >= 0.3 is 0 Å². The van der Waals surface area contributed by atoms with Gasteiger partial charge in [0.25, 0.3) is 5.91 Å². The van der Waals surface area contributed by atoms with E-state index in [-0.39, 0.29) is 12.5 Å². The third-order valence-electron chi connectivity index (χ3n) is 4.43. The van der Waals surface area contributed by atoms with Gasteiger partial charge in [0.1, 0.15) is 4.88 Å². The van der Waals surface area contributed by atoms with Crippen LogP contribution in [0.4, 0.5) is 5.69 Å². The predicted molar refractivity (Wildman–Crippen MR) is 103 cm³/mol. The number of aromatic nitrogens is 1. The molecule has 1 aromatic carbocycles. The zero-order chi connectivity index (χ0) is 18.7. The van der Waals surface area contributed by atoms with Crippen LogP contribution in [0.3, 0.4) is 0 Å². The lowest BCUT2D eigenvalue weighted by atomic mass is 9.94. The quantitative estimate of drug-likeness (QED) is 0.755. The summed E-state index contributed by atoms with van der Waals surface area (Å²) in [6, 6.07) is 6.29. The standard InChI is InChI=1S/C20H28N2O2S/c1-12(2)16-7-8-18(17(9-16)13(3)4)21-19(24)10-22-11-25-20(14(22)5)15(6)23/h7-9,11-13,15,23H,10H2,1-6H3/p+1. The number of carbonyl (C=O) groups is 1. The number of nitrogens with zero attached hydrogens (tertiary/aromatic N) is 1. The second-order valence-electron chi connectivity index (χ2n) is 7.18. The van der Waals surface area contributed by atoms with Crippen LogP contribution in [0.1, 0.15) is 74.3 Å². The van der Waals surface area contributed by atoms with Gasteiger partial charge in [-0.2, -0.15) is 4.57 Å². The van der Waals surface area contributed by atoms with E-state index in [1.807, 2.05) is 23.1 Å². The molecule has 4 nitrogen and oxygen atoms in total. The molecule has 1 atom stereocenters. The van der Waals surface area contributed by atoms with Crippen molar-refractivity contribution in [3.63, 3.8) is 0 Å². The second kappa shape index (κ2) is 8.11. The maximum atomic E-state index is 12.5. The van der Waals surface area contributed by atoms with Gasteiger partial charge in [-0.1, -0.05) is 51.2 Å². The zero-order valence-corrected chi connectivity index (χ0v) is 16.8. The van der Waals surface area contributed by atoms with Gasteiger partial charge in [-0.15, -0.1) is 0 Å². The first-order chi connectivity index (χ1) is 11.7. The molecule has 0 aliphatic carbocycles. The molecule has 25 heavy (non-hydrogen) atoms. The van der Waals surface area contributed by atoms with E-state index in [4.69, 9.17) is 0 Å². The molecule has 0 aliphatic heterocycles. The summed E-state index contributed by atoms with van der Waals surface area (Å²) in [4.78, 5) is 13.4. The number of thiazole rings is 1. The molecule has 1 unspecified atom stereocenters. The lowest BCUT2D eigenvalue weighted by molar-refractivity contribution is -0.685. The van der Waals surface area contributed by atoms with Crippen molar-refractivity contribution in [2.45, 2.75) is 66.0 Å². The highest BCUT2D eigenvalue weighted by Crippen LogP contribution is 2.28. The summed E-state index contributed by atoms with van der Waals surface area (Å²) in [5.41, 5.74) is 6.16. The number of hydrogen-bond acceptors (Lipinski definition) is 3. The maximum Gasteiger partial charge on any atom is 0.290 e. The van der Waals surface area contributed by atoms with Crippen molar-refractivity contribution in [2.24, 2.45) is 0 Å². The molecule has 2 N–H and O–H groups in total. The second-order valence-corrected chi connectivity index (χ2v) is 8.07. The highest BCUT2D eigenvalue weighted by Gasteiger charge is 2.22. The molecule has 1 aromatic heterocycles. The zero-order valence-electron chi connectivity index (χ0n) is 16.0. The fourth-order valence-corrected chi connectivity index (χ4v) is 3.82. The van der Waals surface area contributed by atoms with Crippen LogP contribution < -0.4 is 9.88 Å². The van der Waals surface area contributed by atoms with E-state index < -0.39 is 6.10 Å². The minimum absolute atomic E-state index is 0.0535. The summed E-state index contributed by atoms with van der Waals surface area (Å²) in [5.74, 6) is 0.749. The Morgan fingerprint density at radius 2 is 1.88 bits per heavy atom. The van der Waals surface area contributed by atoms with Gasteiger partial charge in [-0.05, 0) is 36.0 Å². The van der Waals surface area contributed by atoms with Crippen LogP contribution in [0.15, 0.2) is 23.7 Å². The summed E-state index contributed by atoms with van der Waals surface area (Å²) in [6.07, 6.45) is -0.509. The van der Waals surface area contributed by atoms with Crippen molar-refractivity contribution in [3.8, 4) is 0 Å². The first kappa shape index (κ1) is 19.6. The molecular weight excluding hydrogens is 332 g/mol. The molecule has 2 rings (SSSR count). The molecule has 0 fully saturated rings. The first-order valence-electron chi connectivity index (χ1n) is 8.79. The number of anilines is 1. The van der Waals surface area contributed by atoms with Crippen molar-refractivity contribution in [1.29, 1.82) is 0 Å². The van der Waals surface area contributed by atoms with E-state index in [2.05, 4.69) is 45.1 Å². The largest absolute Gasteiger partial charge is 0.388 e. The lowest BCUT2D eigenvalue weighted by Crippen LogP contribution is -2.41. The molecule has 2 aromatic rings. The van der Waals surface area contributed by atoms with Crippen LogP contribution in [-0.4, -0.2) is 11.0 Å². The Morgan fingerprint density at radius 1 is 1.20 bits per heavy atom. The maximum absolute atomic E-state index is 12.5. The van der Waals surface area contributed by atoms with Gasteiger partial charge in [0, 0.05) is 12.6 Å². The topological polar surface area (TPSA) is 53.2 Å². The summed E-state index contributed by atoms with van der Waals surface area (Å²) in [5, 5.41) is 12.8. The third kappa shape index (κ3) is 4.67. The molecule has 0 saturated heterocycles. The number of aliphatic hydroxyl groups excluding tert-OH is 1. The van der Waals surface area contributed by atoms with Crippen LogP contribution in [0.5, 0.6) is 0 Å². The SMILES string of the molecule is Cc1c(C(C)O)sc[n+]1CC(=O)Nc1ccc(C(C)C)cc1C(C)C. The van der Waals surface area contributed by atoms with Crippen molar-refractivity contribution in [3.05, 3.63) is 45.4 Å². The molecule has 0 spiro atoms. The first-order valence-corrected chi connectivity index (χ1v) is 9.67. The number of benzene rings is 1. The van der Waals surface area contributed by atoms with Crippen molar-refractivity contribution >= 4 is 22.9 Å². The van der Waals surface area contributed by atoms with Gasteiger partial charge in [-0.3, -0.25) is 4.79 Å². The van der Waals surface area contributed by atoms with E-state index in [9.17, 15) is 9.90 Å². The van der Waals surface area contributed by atoms with Crippen LogP contribution >= 0.6 is 11.3 Å². The van der Waals surface area contributed by atoms with Gasteiger partial charge in [0.2, 0.25) is 12.1 Å². The van der Waals surface area contributed by atoms with Crippen LogP contribution in [0.25, 0.3) is 0 Å². The molecule has 5 heteroatoms. The Balaban J connectivity index is 2.18. The number of rotatable bonds is 6. The summed E-state index contributed by atoms with van der Waals surface area (Å²) in [6.45, 7) is 12.6. The van der Waals surface area contributed by atoms with Gasteiger partial charge in [-0.25, -0.2) is 0 Å². The minimum Gasteiger partial charge on any atom is -0.388 e. The molecule has 0 radical (unpaired) electrons. The average molecular weight is 362 g/mol. The number of aliphatic hydroxyl groups is 1. The molecule has 1 amide bonds. The Morgan fingerprint density at radius 3 is 2.40 bits per heavy atom. The van der Waals surface area contributed by atoms with Gasteiger partial charge in [0.05, 0.1) is 6.10 Å². The molecule has 136 valence electrons. The number of carbonyl (C=O) groups excluding carboxylic acids is 1. The fraction of sp³-hybridized carbons (Fsp3) is 0.500. The Bertz CT molecular complexity index is 748. The summed E-state index contributed by atoms with van der Waals surface area (Å²) >= 11 is 1.48. The van der Waals surface area contributed by atoms with Crippen LogP contribution in [-0.2, 0) is 11.3 Å². The Kier molecular flexibility index (Phi) is 6.36. The van der Waals surface area contributed by atoms with E-state index in [0.717, 1.165) is 21.8 Å². The van der Waals surface area contributed by atoms with Crippen molar-refractivity contribution in [2.75, 3.05) is 5.32 Å². The normalized spacial score (nSPS) is 12.7. The van der Waals surface area contributed by atoms with Crippen molar-refractivity contribution < 1.29 is 14.5 Å². The molecule has 1 heterocycles. The highest BCUT2D eigenvalue weighted by molar-refractivity contribution is 7.09. The smallest absolute Gasteiger partial charge is 0.290 e. The van der Waals surface area contributed by atoms with E-state index in [1.54, 1.807) is 6.92 Å². The fourth-order valence-electron chi connectivity index (χ4n) is 2.86. The van der Waals surface area contributed by atoms with E-state index >= 15 is 0 Å². The third-order valence-corrected chi connectivity index (χ3v) is 5.68. The van der Waals surface area contributed by atoms with Crippen LogP contribution in [0, 0.1) is 6.92 Å². The number of hydrogen-bond donors (Lipinski definition) is 2. The average Bonchev–Trinajstić information content (AvgIpc) is 2.88. The summed E-state index contributed by atoms with van der Waals surface area (Å²) < 4.78 is 1.89. The molecule has 0 saturated carbocycles. The molecular formula is C20H29N2O2S+. The minimum atomic E-state index is -0.509. The predicted octanol–water partition coefficient (Wildman–Crippen LogP) is 4.28. The highest BCUT2D eigenvalue weighted by atomic mass is 32.1. The Hall–Kier alpha value is -1.72. The van der Waals surface area contributed by atoms with Gasteiger partial charge in [0.15, 0.2) is 5.69 Å². The summed E-state index contributed by atoms with van der Waals surface area (Å²) in [7, 11) is 0. The number of nitrogens with one attached hydrogen (secondary N) is 1. The van der Waals surface area contributed by atoms with E-state index in [1.165, 1.54) is 16.9 Å². The van der Waals surface area contributed by atoms with Gasteiger partial charge < -0.3 is 10.4 Å². The van der Waals surface area contributed by atoms with Crippen LogP contribution in [0.2, 0.25) is 0 Å². The lowest BCUT2D eigenvalue weighted by Gasteiger charge is -2.16. The molecule has 0 bridgehead atoms. The van der Waals surface area contributed by atoms with E-state index in [0.29, 0.717) is 11.8 Å². The number of amides is 1.